The number of aryl methyl sites for hydroxylation is 1. The Labute approximate surface area is 100.0 Å². The molecule has 2 aromatic rings. The lowest BCUT2D eigenvalue weighted by Gasteiger charge is -2.06. The van der Waals surface area contributed by atoms with E-state index in [0.717, 1.165) is 10.9 Å². The third-order valence-corrected chi connectivity index (χ3v) is 3.04. The Morgan fingerprint density at radius 3 is 2.94 bits per heavy atom. The highest BCUT2D eigenvalue weighted by Crippen LogP contribution is 2.25. The van der Waals surface area contributed by atoms with Gasteiger partial charge in [-0.3, -0.25) is 9.48 Å². The van der Waals surface area contributed by atoms with Crippen LogP contribution in [0.3, 0.4) is 0 Å². The van der Waals surface area contributed by atoms with Gasteiger partial charge in [-0.25, -0.2) is 0 Å². The van der Waals surface area contributed by atoms with Crippen molar-refractivity contribution in [2.45, 2.75) is 6.04 Å². The van der Waals surface area contributed by atoms with Crippen molar-refractivity contribution in [2.75, 3.05) is 0 Å². The summed E-state index contributed by atoms with van der Waals surface area (Å²) in [6.07, 6.45) is 0. The number of carboxylic acids is 1. The van der Waals surface area contributed by atoms with Crippen LogP contribution in [0, 0.1) is 0 Å². The molecule has 6 heteroatoms. The molecule has 5 nitrogen and oxygen atoms in total. The third-order valence-electron chi connectivity index (χ3n) is 2.45. The van der Waals surface area contributed by atoms with Crippen LogP contribution in [0.1, 0.15) is 11.6 Å². The zero-order valence-corrected chi connectivity index (χ0v) is 10.1. The Kier molecular flexibility index (Phi) is 2.69. The molecule has 0 bridgehead atoms. The average molecular weight is 284 g/mol. The maximum Gasteiger partial charge on any atom is 0.325 e. The number of aliphatic carboxylic acids is 1. The van der Waals surface area contributed by atoms with Gasteiger partial charge in [0, 0.05) is 12.4 Å². The third kappa shape index (κ3) is 1.70. The molecule has 0 fully saturated rings. The van der Waals surface area contributed by atoms with Gasteiger partial charge in [0.15, 0.2) is 0 Å². The van der Waals surface area contributed by atoms with E-state index >= 15 is 0 Å². The second-order valence-electron chi connectivity index (χ2n) is 3.51. The van der Waals surface area contributed by atoms with E-state index in [2.05, 4.69) is 21.0 Å². The predicted molar refractivity (Wildman–Crippen MR) is 63.0 cm³/mol. The average Bonchev–Trinajstić information content (AvgIpc) is 2.53. The normalized spacial score (nSPS) is 12.9. The minimum Gasteiger partial charge on any atom is -0.480 e. The Morgan fingerprint density at radius 2 is 2.31 bits per heavy atom. The van der Waals surface area contributed by atoms with Crippen LogP contribution >= 0.6 is 15.9 Å². The van der Waals surface area contributed by atoms with Crippen molar-refractivity contribution in [3.05, 3.63) is 28.4 Å². The van der Waals surface area contributed by atoms with Crippen LogP contribution in [-0.2, 0) is 11.8 Å². The molecular formula is C10H10BrN3O2. The van der Waals surface area contributed by atoms with Crippen LogP contribution in [0.2, 0.25) is 0 Å². The van der Waals surface area contributed by atoms with E-state index in [1.54, 1.807) is 16.8 Å². The van der Waals surface area contributed by atoms with E-state index in [1.807, 2.05) is 13.1 Å². The largest absolute Gasteiger partial charge is 0.480 e. The van der Waals surface area contributed by atoms with Crippen LogP contribution < -0.4 is 5.73 Å². The number of hydrogen-bond acceptors (Lipinski definition) is 3. The molecule has 1 heterocycles. The number of nitrogens with zero attached hydrogens (tertiary/aromatic N) is 2. The minimum atomic E-state index is -1.04. The summed E-state index contributed by atoms with van der Waals surface area (Å²) < 4.78 is 2.40. The van der Waals surface area contributed by atoms with Crippen molar-refractivity contribution >= 4 is 32.8 Å². The number of carboxylic acid groups (broad SMARTS) is 1. The van der Waals surface area contributed by atoms with E-state index in [4.69, 9.17) is 10.8 Å². The lowest BCUT2D eigenvalue weighted by atomic mass is 10.1. The van der Waals surface area contributed by atoms with Crippen LogP contribution in [0.25, 0.3) is 10.9 Å². The summed E-state index contributed by atoms with van der Waals surface area (Å²) in [6, 6.07) is 4.25. The molecule has 1 atom stereocenters. The lowest BCUT2D eigenvalue weighted by molar-refractivity contribution is -0.138. The van der Waals surface area contributed by atoms with E-state index in [1.165, 1.54) is 0 Å². The molecule has 16 heavy (non-hydrogen) atoms. The second kappa shape index (κ2) is 3.88. The van der Waals surface area contributed by atoms with Crippen LogP contribution in [0.5, 0.6) is 0 Å². The van der Waals surface area contributed by atoms with E-state index < -0.39 is 12.0 Å². The summed E-state index contributed by atoms with van der Waals surface area (Å²) in [7, 11) is 1.82. The lowest BCUT2D eigenvalue weighted by Crippen LogP contribution is -2.20. The van der Waals surface area contributed by atoms with Crippen LogP contribution in [0.4, 0.5) is 0 Å². The fourth-order valence-electron chi connectivity index (χ4n) is 1.58. The summed E-state index contributed by atoms with van der Waals surface area (Å²) >= 11 is 3.32. The molecule has 0 saturated carbocycles. The van der Waals surface area contributed by atoms with Gasteiger partial charge in [0.05, 0.1) is 5.52 Å². The first kappa shape index (κ1) is 11.1. The van der Waals surface area contributed by atoms with E-state index in [-0.39, 0.29) is 0 Å². The van der Waals surface area contributed by atoms with E-state index in [9.17, 15) is 4.79 Å². The van der Waals surface area contributed by atoms with E-state index in [0.29, 0.717) is 10.2 Å². The van der Waals surface area contributed by atoms with Gasteiger partial charge < -0.3 is 10.8 Å². The Bertz CT molecular complexity index is 564. The number of nitrogens with two attached hydrogens (primary N) is 1. The summed E-state index contributed by atoms with van der Waals surface area (Å²) in [6.45, 7) is 0. The van der Waals surface area contributed by atoms with Crippen molar-refractivity contribution in [3.63, 3.8) is 0 Å². The summed E-state index contributed by atoms with van der Waals surface area (Å²) in [5.41, 5.74) is 7.03. The van der Waals surface area contributed by atoms with Gasteiger partial charge in [0.1, 0.15) is 10.6 Å². The molecule has 3 N–H and O–H groups in total. The number of benzene rings is 1. The van der Waals surface area contributed by atoms with Crippen LogP contribution in [0.15, 0.2) is 22.8 Å². The number of halogens is 1. The van der Waals surface area contributed by atoms with Gasteiger partial charge in [-0.05, 0) is 33.6 Å². The summed E-state index contributed by atoms with van der Waals surface area (Å²) in [5, 5.41) is 13.9. The molecule has 84 valence electrons. The molecule has 0 aliphatic heterocycles. The molecule has 2 rings (SSSR count). The van der Waals surface area contributed by atoms with Crippen molar-refractivity contribution in [1.29, 1.82) is 0 Å². The highest BCUT2D eigenvalue weighted by Gasteiger charge is 2.16. The van der Waals surface area contributed by atoms with Gasteiger partial charge in [-0.15, -0.1) is 0 Å². The SMILES string of the molecule is Cn1nc(Br)c2cc(C(N)C(=O)O)ccc21. The maximum atomic E-state index is 10.8. The predicted octanol–water partition coefficient (Wildman–Crippen LogP) is 1.42. The van der Waals surface area contributed by atoms with Gasteiger partial charge in [-0.2, -0.15) is 5.10 Å². The van der Waals surface area contributed by atoms with Crippen LogP contribution in [-0.4, -0.2) is 20.9 Å². The quantitative estimate of drug-likeness (QED) is 0.873. The number of fused-ring (bicyclic) bond motifs is 1. The number of hydrogen-bond donors (Lipinski definition) is 2. The molecule has 1 unspecified atom stereocenters. The molecule has 0 spiro atoms. The Hall–Kier alpha value is -1.40. The first-order chi connectivity index (χ1) is 7.50. The molecule has 1 aromatic carbocycles. The van der Waals surface area contributed by atoms with Crippen molar-refractivity contribution < 1.29 is 9.90 Å². The van der Waals surface area contributed by atoms with Crippen molar-refractivity contribution in [3.8, 4) is 0 Å². The standard InChI is InChI=1S/C10H10BrN3O2/c1-14-7-3-2-5(8(12)10(15)16)4-6(7)9(11)13-14/h2-4,8H,12H2,1H3,(H,15,16). The number of rotatable bonds is 2. The highest BCUT2D eigenvalue weighted by molar-refractivity contribution is 9.10. The Balaban J connectivity index is 2.60. The zero-order chi connectivity index (χ0) is 11.9. The molecule has 0 radical (unpaired) electrons. The Morgan fingerprint density at radius 1 is 1.62 bits per heavy atom. The molecular weight excluding hydrogens is 274 g/mol. The zero-order valence-electron chi connectivity index (χ0n) is 8.51. The smallest absolute Gasteiger partial charge is 0.325 e. The van der Waals surface area contributed by atoms with Gasteiger partial charge in [0.2, 0.25) is 0 Å². The maximum absolute atomic E-state index is 10.8. The first-order valence-electron chi connectivity index (χ1n) is 4.61. The second-order valence-corrected chi connectivity index (χ2v) is 4.26. The fourth-order valence-corrected chi connectivity index (χ4v) is 2.13. The summed E-state index contributed by atoms with van der Waals surface area (Å²) in [5.74, 6) is -1.04. The highest BCUT2D eigenvalue weighted by atomic mass is 79.9. The van der Waals surface area contributed by atoms with Gasteiger partial charge >= 0.3 is 5.97 Å². The molecule has 0 aliphatic carbocycles. The number of carbonyl (C=O) groups is 1. The monoisotopic (exact) mass is 283 g/mol. The van der Waals surface area contributed by atoms with Gasteiger partial charge in [-0.1, -0.05) is 6.07 Å². The topological polar surface area (TPSA) is 81.1 Å². The first-order valence-corrected chi connectivity index (χ1v) is 5.40. The van der Waals surface area contributed by atoms with Gasteiger partial charge in [0.25, 0.3) is 0 Å². The minimum absolute atomic E-state index is 0.564. The van der Waals surface area contributed by atoms with Crippen molar-refractivity contribution in [2.24, 2.45) is 12.8 Å². The fraction of sp³-hybridized carbons (Fsp3) is 0.200. The number of aromatic nitrogens is 2. The molecule has 0 saturated heterocycles. The molecule has 1 aromatic heterocycles. The molecule has 0 amide bonds. The van der Waals surface area contributed by atoms with Crippen molar-refractivity contribution in [1.82, 2.24) is 9.78 Å². The summed E-state index contributed by atoms with van der Waals surface area (Å²) in [4.78, 5) is 10.8. The molecule has 0 aliphatic rings.